The van der Waals surface area contributed by atoms with Crippen LogP contribution in [0.25, 0.3) is 0 Å². The molecule has 2 amide bonds. The van der Waals surface area contributed by atoms with E-state index in [1.54, 1.807) is 17.8 Å². The lowest BCUT2D eigenvalue weighted by molar-refractivity contribution is -0.130. The van der Waals surface area contributed by atoms with Crippen LogP contribution in [-0.2, 0) is 4.79 Å². The molecule has 0 saturated carbocycles. The first-order valence-corrected chi connectivity index (χ1v) is 12.0. The van der Waals surface area contributed by atoms with Gasteiger partial charge in [0, 0.05) is 37.3 Å². The van der Waals surface area contributed by atoms with Gasteiger partial charge in [0.15, 0.2) is 0 Å². The first-order chi connectivity index (χ1) is 16.8. The van der Waals surface area contributed by atoms with E-state index in [-0.39, 0.29) is 23.8 Å². The average molecular weight is 490 g/mol. The molecule has 1 fully saturated rings. The molecule has 35 heavy (non-hydrogen) atoms. The number of carbonyl (C=O) groups excluding carboxylic acids is 2. The summed E-state index contributed by atoms with van der Waals surface area (Å²) in [4.78, 5) is 31.1. The third-order valence-electron chi connectivity index (χ3n) is 6.45. The van der Waals surface area contributed by atoms with Crippen molar-refractivity contribution in [2.45, 2.75) is 39.7 Å². The third-order valence-corrected chi connectivity index (χ3v) is 6.73. The summed E-state index contributed by atoms with van der Waals surface area (Å²) in [7, 11) is 0. The molecule has 1 saturated heterocycles. The Balaban J connectivity index is 1.47. The predicted octanol–water partition coefficient (Wildman–Crippen LogP) is 4.71. The Labute approximate surface area is 210 Å². The highest BCUT2D eigenvalue weighted by molar-refractivity contribution is 6.34. The van der Waals surface area contributed by atoms with Crippen molar-refractivity contribution in [2.75, 3.05) is 18.4 Å². The highest BCUT2D eigenvalue weighted by Crippen LogP contribution is 2.31. The van der Waals surface area contributed by atoms with Gasteiger partial charge in [0.25, 0.3) is 5.91 Å². The first kappa shape index (κ1) is 24.5. The van der Waals surface area contributed by atoms with Crippen molar-refractivity contribution in [3.8, 4) is 11.8 Å². The molecule has 1 atom stereocenters. The van der Waals surface area contributed by atoms with E-state index in [9.17, 15) is 9.59 Å². The van der Waals surface area contributed by atoms with Crippen LogP contribution in [0, 0.1) is 24.7 Å². The van der Waals surface area contributed by atoms with Gasteiger partial charge in [-0.05, 0) is 56.4 Å². The second kappa shape index (κ2) is 10.7. The largest absolute Gasteiger partial charge is 0.343 e. The highest BCUT2D eigenvalue weighted by atomic mass is 35.5. The van der Waals surface area contributed by atoms with Gasteiger partial charge in [-0.2, -0.15) is 5.10 Å². The van der Waals surface area contributed by atoms with Crippen LogP contribution in [0.4, 0.5) is 5.82 Å². The molecule has 7 nitrogen and oxygen atoms in total. The summed E-state index contributed by atoms with van der Waals surface area (Å²) in [6, 6.07) is 11.6. The monoisotopic (exact) mass is 489 g/mol. The van der Waals surface area contributed by atoms with Crippen molar-refractivity contribution >= 4 is 29.2 Å². The molecule has 1 aromatic carbocycles. The lowest BCUT2D eigenvalue weighted by Crippen LogP contribution is -2.39. The SMILES string of the molecule is CC(=O)N1CCC(C(C)n2ncc(Cl)c2C(=O)Nc2ncc(C#Cc3ccccc3)cc2C)CC1. The van der Waals surface area contributed by atoms with Crippen LogP contribution in [0.5, 0.6) is 0 Å². The number of aromatic nitrogens is 3. The lowest BCUT2D eigenvalue weighted by Gasteiger charge is -2.34. The molecular formula is C27H28ClN5O2. The van der Waals surface area contributed by atoms with Gasteiger partial charge >= 0.3 is 0 Å². The number of amides is 2. The molecule has 1 aliphatic heterocycles. The van der Waals surface area contributed by atoms with Gasteiger partial charge in [0.2, 0.25) is 5.91 Å². The molecule has 0 aliphatic carbocycles. The number of aryl methyl sites for hydroxylation is 1. The van der Waals surface area contributed by atoms with E-state index in [0.29, 0.717) is 29.6 Å². The van der Waals surface area contributed by atoms with Crippen LogP contribution in [0.3, 0.4) is 0 Å². The molecule has 180 valence electrons. The van der Waals surface area contributed by atoms with Gasteiger partial charge in [0.1, 0.15) is 11.5 Å². The van der Waals surface area contributed by atoms with Crippen molar-refractivity contribution in [2.24, 2.45) is 5.92 Å². The summed E-state index contributed by atoms with van der Waals surface area (Å²) in [5, 5.41) is 7.57. The van der Waals surface area contributed by atoms with Gasteiger partial charge in [-0.25, -0.2) is 4.98 Å². The van der Waals surface area contributed by atoms with Gasteiger partial charge in [0.05, 0.1) is 17.3 Å². The predicted molar refractivity (Wildman–Crippen MR) is 136 cm³/mol. The Morgan fingerprint density at radius 2 is 1.80 bits per heavy atom. The summed E-state index contributed by atoms with van der Waals surface area (Å²) >= 11 is 6.38. The minimum Gasteiger partial charge on any atom is -0.343 e. The maximum atomic E-state index is 13.2. The number of nitrogens with zero attached hydrogens (tertiary/aromatic N) is 4. The van der Waals surface area contributed by atoms with Gasteiger partial charge in [-0.1, -0.05) is 41.6 Å². The average Bonchev–Trinajstić information content (AvgIpc) is 3.25. The molecule has 3 heterocycles. The summed E-state index contributed by atoms with van der Waals surface area (Å²) in [6.07, 6.45) is 4.85. The molecule has 0 spiro atoms. The van der Waals surface area contributed by atoms with Crippen molar-refractivity contribution in [1.82, 2.24) is 19.7 Å². The summed E-state index contributed by atoms with van der Waals surface area (Å²) in [6.45, 7) is 6.93. The summed E-state index contributed by atoms with van der Waals surface area (Å²) in [5.41, 5.74) is 2.79. The van der Waals surface area contributed by atoms with Crippen LogP contribution in [0.2, 0.25) is 5.02 Å². The molecule has 4 rings (SSSR count). The van der Waals surface area contributed by atoms with E-state index in [4.69, 9.17) is 11.6 Å². The quantitative estimate of drug-likeness (QED) is 0.538. The molecule has 1 N–H and O–H groups in total. The van der Waals surface area contributed by atoms with Crippen LogP contribution in [0.15, 0.2) is 48.8 Å². The van der Waals surface area contributed by atoms with E-state index in [1.165, 1.54) is 6.20 Å². The van der Waals surface area contributed by atoms with Crippen LogP contribution < -0.4 is 5.32 Å². The maximum Gasteiger partial charge on any atom is 0.276 e. The Kier molecular flexibility index (Phi) is 7.52. The molecule has 1 unspecified atom stereocenters. The van der Waals surface area contributed by atoms with Crippen molar-refractivity contribution in [1.29, 1.82) is 0 Å². The summed E-state index contributed by atoms with van der Waals surface area (Å²) in [5.74, 6) is 6.69. The molecule has 8 heteroatoms. The third kappa shape index (κ3) is 5.72. The number of nitrogens with one attached hydrogen (secondary N) is 1. The summed E-state index contributed by atoms with van der Waals surface area (Å²) < 4.78 is 1.70. The number of carbonyl (C=O) groups is 2. The zero-order valence-electron chi connectivity index (χ0n) is 20.1. The fraction of sp³-hybridized carbons (Fsp3) is 0.333. The fourth-order valence-corrected chi connectivity index (χ4v) is 4.58. The topological polar surface area (TPSA) is 80.1 Å². The Morgan fingerprint density at radius 3 is 2.46 bits per heavy atom. The molecule has 3 aromatic rings. The highest BCUT2D eigenvalue weighted by Gasteiger charge is 2.30. The number of anilines is 1. The number of piperidine rings is 1. The maximum absolute atomic E-state index is 13.2. The number of benzene rings is 1. The molecule has 0 radical (unpaired) electrons. The van der Waals surface area contributed by atoms with E-state index in [2.05, 4.69) is 27.2 Å². The minimum atomic E-state index is -0.362. The normalized spacial score (nSPS) is 14.7. The number of pyridine rings is 1. The van der Waals surface area contributed by atoms with E-state index in [1.807, 2.05) is 55.1 Å². The van der Waals surface area contributed by atoms with E-state index in [0.717, 1.165) is 29.5 Å². The van der Waals surface area contributed by atoms with Gasteiger partial charge in [-0.15, -0.1) is 0 Å². The zero-order chi connectivity index (χ0) is 24.9. The van der Waals surface area contributed by atoms with E-state index < -0.39 is 0 Å². The van der Waals surface area contributed by atoms with Crippen LogP contribution in [0.1, 0.15) is 59.9 Å². The smallest absolute Gasteiger partial charge is 0.276 e. The standard InChI is InChI=1S/C27H28ClN5O2/c1-18-15-22(10-9-21-7-5-4-6-8-21)16-29-26(18)31-27(35)25-24(28)17-30-33(25)19(2)23-11-13-32(14-12-23)20(3)34/h4-8,15-17,19,23H,11-14H2,1-3H3,(H,29,31,35). The lowest BCUT2D eigenvalue weighted by atomic mass is 9.90. The molecular weight excluding hydrogens is 462 g/mol. The van der Waals surface area contributed by atoms with Gasteiger partial charge < -0.3 is 10.2 Å². The zero-order valence-corrected chi connectivity index (χ0v) is 20.8. The van der Waals surface area contributed by atoms with Gasteiger partial charge in [-0.3, -0.25) is 14.3 Å². The molecule has 2 aromatic heterocycles. The van der Waals surface area contributed by atoms with Crippen molar-refractivity contribution < 1.29 is 9.59 Å². The molecule has 0 bridgehead atoms. The van der Waals surface area contributed by atoms with Crippen molar-refractivity contribution in [3.63, 3.8) is 0 Å². The molecule has 1 aliphatic rings. The first-order valence-electron chi connectivity index (χ1n) is 11.7. The van der Waals surface area contributed by atoms with Crippen LogP contribution in [-0.4, -0.2) is 44.6 Å². The number of rotatable bonds is 4. The second-order valence-corrected chi connectivity index (χ2v) is 9.24. The Morgan fingerprint density at radius 1 is 1.11 bits per heavy atom. The number of hydrogen-bond acceptors (Lipinski definition) is 4. The number of likely N-dealkylation sites (tertiary alicyclic amines) is 1. The Bertz CT molecular complexity index is 1280. The number of halogens is 1. The number of hydrogen-bond donors (Lipinski definition) is 1. The second-order valence-electron chi connectivity index (χ2n) is 8.83. The fourth-order valence-electron chi connectivity index (χ4n) is 4.37. The van der Waals surface area contributed by atoms with E-state index >= 15 is 0 Å². The van der Waals surface area contributed by atoms with Crippen molar-refractivity contribution in [3.05, 3.63) is 76.2 Å². The van der Waals surface area contributed by atoms with Crippen LogP contribution >= 0.6 is 11.6 Å². The minimum absolute atomic E-state index is 0.0398. The Hall–Kier alpha value is -3.63.